The number of nitrogens with zero attached hydrogens (tertiary/aromatic N) is 2. The Hall–Kier alpha value is -1.35. The summed E-state index contributed by atoms with van der Waals surface area (Å²) >= 11 is 0. The lowest BCUT2D eigenvalue weighted by Gasteiger charge is -2.10. The topological polar surface area (TPSA) is 42.1 Å². The highest BCUT2D eigenvalue weighted by Gasteiger charge is 1.94. The molecule has 3 heteroatoms. The van der Waals surface area contributed by atoms with Crippen molar-refractivity contribution in [1.82, 2.24) is 4.98 Å². The van der Waals surface area contributed by atoms with Gasteiger partial charge in [0, 0.05) is 26.8 Å². The Kier molecular flexibility index (Phi) is 3.46. The van der Waals surface area contributed by atoms with E-state index in [-0.39, 0.29) is 0 Å². The van der Waals surface area contributed by atoms with Crippen LogP contribution in [-0.2, 0) is 0 Å². The number of rotatable bonds is 3. The Bertz CT molecular complexity index is 275. The fourth-order valence-electron chi connectivity index (χ4n) is 0.965. The number of aromatic nitrogens is 1. The lowest BCUT2D eigenvalue weighted by Crippen LogP contribution is -2.09. The molecule has 13 heavy (non-hydrogen) atoms. The van der Waals surface area contributed by atoms with Gasteiger partial charge in [-0.3, -0.25) is 0 Å². The van der Waals surface area contributed by atoms with E-state index in [1.807, 2.05) is 49.5 Å². The van der Waals surface area contributed by atoms with Crippen LogP contribution in [0.3, 0.4) is 0 Å². The van der Waals surface area contributed by atoms with Crippen molar-refractivity contribution in [2.24, 2.45) is 5.73 Å². The smallest absolute Gasteiger partial charge is 0.127 e. The number of hydrogen-bond donors (Lipinski definition) is 1. The largest absolute Gasteiger partial charge is 0.363 e. The first-order valence-corrected chi connectivity index (χ1v) is 4.24. The Labute approximate surface area is 78.9 Å². The Balaban J connectivity index is 2.75. The Morgan fingerprint density at radius 3 is 2.69 bits per heavy atom. The highest BCUT2D eigenvalue weighted by atomic mass is 15.1. The van der Waals surface area contributed by atoms with Gasteiger partial charge in [0.05, 0.1) is 0 Å². The molecule has 0 saturated heterocycles. The fourth-order valence-corrected chi connectivity index (χ4v) is 0.965. The van der Waals surface area contributed by atoms with Crippen molar-refractivity contribution < 1.29 is 0 Å². The summed E-state index contributed by atoms with van der Waals surface area (Å²) in [5.74, 6) is 0.963. The van der Waals surface area contributed by atoms with Crippen LogP contribution in [0.5, 0.6) is 0 Å². The molecule has 2 N–H and O–H groups in total. The van der Waals surface area contributed by atoms with E-state index >= 15 is 0 Å². The number of nitrogens with two attached hydrogens (primary N) is 1. The van der Waals surface area contributed by atoms with Gasteiger partial charge in [0.1, 0.15) is 5.82 Å². The molecule has 70 valence electrons. The molecule has 1 aromatic rings. The van der Waals surface area contributed by atoms with E-state index in [0.29, 0.717) is 6.54 Å². The van der Waals surface area contributed by atoms with Crippen molar-refractivity contribution in [1.29, 1.82) is 0 Å². The lowest BCUT2D eigenvalue weighted by molar-refractivity contribution is 1.07. The highest BCUT2D eigenvalue weighted by molar-refractivity contribution is 5.51. The third-order valence-corrected chi connectivity index (χ3v) is 1.68. The third kappa shape index (κ3) is 2.87. The molecule has 0 fully saturated rings. The maximum absolute atomic E-state index is 5.34. The van der Waals surface area contributed by atoms with Crippen LogP contribution in [0, 0.1) is 0 Å². The van der Waals surface area contributed by atoms with Gasteiger partial charge in [-0.25, -0.2) is 4.98 Å². The molecule has 0 spiro atoms. The van der Waals surface area contributed by atoms with E-state index in [1.54, 1.807) is 0 Å². The van der Waals surface area contributed by atoms with Crippen molar-refractivity contribution in [3.63, 3.8) is 0 Å². The molecule has 0 atom stereocenters. The summed E-state index contributed by atoms with van der Waals surface area (Å²) in [5.41, 5.74) is 6.42. The average Bonchev–Trinajstić information content (AvgIpc) is 2.15. The molecule has 0 aliphatic heterocycles. The predicted molar refractivity (Wildman–Crippen MR) is 56.7 cm³/mol. The molecule has 3 nitrogen and oxygen atoms in total. The maximum atomic E-state index is 5.34. The first-order chi connectivity index (χ1) is 6.24. The zero-order chi connectivity index (χ0) is 9.68. The molecule has 0 saturated carbocycles. The first kappa shape index (κ1) is 9.74. The van der Waals surface area contributed by atoms with Crippen LogP contribution in [-0.4, -0.2) is 25.6 Å². The monoisotopic (exact) mass is 177 g/mol. The van der Waals surface area contributed by atoms with Gasteiger partial charge >= 0.3 is 0 Å². The fraction of sp³-hybridized carbons (Fsp3) is 0.300. The molecule has 0 unspecified atom stereocenters. The quantitative estimate of drug-likeness (QED) is 0.752. The van der Waals surface area contributed by atoms with E-state index in [4.69, 9.17) is 5.73 Å². The van der Waals surface area contributed by atoms with Crippen molar-refractivity contribution in [3.8, 4) is 0 Å². The number of pyridine rings is 1. The summed E-state index contributed by atoms with van der Waals surface area (Å²) in [6, 6.07) is 4.00. The van der Waals surface area contributed by atoms with Crippen molar-refractivity contribution >= 4 is 11.9 Å². The van der Waals surface area contributed by atoms with Gasteiger partial charge in [-0.15, -0.1) is 0 Å². The van der Waals surface area contributed by atoms with E-state index in [1.165, 1.54) is 0 Å². The lowest BCUT2D eigenvalue weighted by atomic mass is 10.2. The van der Waals surface area contributed by atoms with Crippen molar-refractivity contribution in [3.05, 3.63) is 30.0 Å². The Morgan fingerprint density at radius 1 is 1.46 bits per heavy atom. The molecule has 1 rings (SSSR count). The van der Waals surface area contributed by atoms with Gasteiger partial charge in [-0.1, -0.05) is 12.2 Å². The number of anilines is 1. The zero-order valence-corrected chi connectivity index (χ0v) is 8.07. The summed E-state index contributed by atoms with van der Waals surface area (Å²) in [4.78, 5) is 6.23. The second kappa shape index (κ2) is 4.62. The minimum absolute atomic E-state index is 0.565. The minimum atomic E-state index is 0.565. The van der Waals surface area contributed by atoms with Gasteiger partial charge in [-0.05, 0) is 17.7 Å². The summed E-state index contributed by atoms with van der Waals surface area (Å²) < 4.78 is 0. The zero-order valence-electron chi connectivity index (χ0n) is 8.07. The van der Waals surface area contributed by atoms with Gasteiger partial charge in [-0.2, -0.15) is 0 Å². The van der Waals surface area contributed by atoms with Crippen LogP contribution >= 0.6 is 0 Å². The van der Waals surface area contributed by atoms with Crippen LogP contribution < -0.4 is 10.6 Å². The summed E-state index contributed by atoms with van der Waals surface area (Å²) in [5, 5.41) is 0. The molecule has 1 aromatic heterocycles. The highest BCUT2D eigenvalue weighted by Crippen LogP contribution is 2.08. The van der Waals surface area contributed by atoms with Gasteiger partial charge in [0.25, 0.3) is 0 Å². The molecule has 0 radical (unpaired) electrons. The number of hydrogen-bond acceptors (Lipinski definition) is 3. The van der Waals surface area contributed by atoms with Crippen LogP contribution in [0.2, 0.25) is 0 Å². The van der Waals surface area contributed by atoms with Crippen LogP contribution in [0.15, 0.2) is 24.4 Å². The summed E-state index contributed by atoms with van der Waals surface area (Å²) in [7, 11) is 3.94. The average molecular weight is 177 g/mol. The van der Waals surface area contributed by atoms with Gasteiger partial charge < -0.3 is 10.6 Å². The summed E-state index contributed by atoms with van der Waals surface area (Å²) in [6.45, 7) is 0.565. The molecular weight excluding hydrogens is 162 g/mol. The van der Waals surface area contributed by atoms with Crippen LogP contribution in [0.25, 0.3) is 6.08 Å². The molecular formula is C10H15N3. The maximum Gasteiger partial charge on any atom is 0.127 e. The molecule has 0 aromatic carbocycles. The normalized spacial score (nSPS) is 10.7. The van der Waals surface area contributed by atoms with E-state index < -0.39 is 0 Å². The van der Waals surface area contributed by atoms with Crippen molar-refractivity contribution in [2.45, 2.75) is 0 Å². The van der Waals surface area contributed by atoms with Gasteiger partial charge in [0.2, 0.25) is 0 Å². The van der Waals surface area contributed by atoms with Gasteiger partial charge in [0.15, 0.2) is 0 Å². The van der Waals surface area contributed by atoms with Crippen LogP contribution in [0.4, 0.5) is 5.82 Å². The first-order valence-electron chi connectivity index (χ1n) is 4.24. The van der Waals surface area contributed by atoms with Crippen LogP contribution in [0.1, 0.15) is 5.56 Å². The second-order valence-electron chi connectivity index (χ2n) is 2.98. The van der Waals surface area contributed by atoms with E-state index in [0.717, 1.165) is 11.4 Å². The Morgan fingerprint density at radius 2 is 2.23 bits per heavy atom. The molecule has 0 bridgehead atoms. The van der Waals surface area contributed by atoms with Crippen molar-refractivity contribution in [2.75, 3.05) is 25.5 Å². The standard InChI is InChI=1S/C10H15N3/c1-13(2)10-6-5-9(8-12-10)4-3-7-11/h3-6,8H,7,11H2,1-2H3. The van der Waals surface area contributed by atoms with E-state index in [2.05, 4.69) is 4.98 Å². The van der Waals surface area contributed by atoms with E-state index in [9.17, 15) is 0 Å². The SMILES string of the molecule is CN(C)c1ccc(C=CCN)cn1. The minimum Gasteiger partial charge on any atom is -0.363 e. The molecule has 0 aliphatic rings. The third-order valence-electron chi connectivity index (χ3n) is 1.68. The second-order valence-corrected chi connectivity index (χ2v) is 2.98. The summed E-state index contributed by atoms with van der Waals surface area (Å²) in [6.07, 6.45) is 5.71. The predicted octanol–water partition coefficient (Wildman–Crippen LogP) is 1.12. The molecule has 1 heterocycles. The molecule has 0 aliphatic carbocycles. The molecule has 0 amide bonds.